The minimum absolute atomic E-state index is 0.424. The summed E-state index contributed by atoms with van der Waals surface area (Å²) in [5.74, 6) is 0. The van der Waals surface area contributed by atoms with E-state index in [9.17, 15) is 4.91 Å². The fourth-order valence-corrected chi connectivity index (χ4v) is 1.88. The lowest BCUT2D eigenvalue weighted by Crippen LogP contribution is -2.24. The van der Waals surface area contributed by atoms with Crippen molar-refractivity contribution in [3.63, 3.8) is 0 Å². The van der Waals surface area contributed by atoms with Gasteiger partial charge in [0.25, 0.3) is 4.92 Å². The summed E-state index contributed by atoms with van der Waals surface area (Å²) in [7, 11) is 1.32. The minimum atomic E-state index is 0.424. The van der Waals surface area contributed by atoms with Crippen molar-refractivity contribution in [2.24, 2.45) is 0 Å². The smallest absolute Gasteiger partial charge is 0.315 e. The van der Waals surface area contributed by atoms with Gasteiger partial charge in [-0.3, -0.25) is 0 Å². The van der Waals surface area contributed by atoms with Gasteiger partial charge in [0.2, 0.25) is 0 Å². The number of hydrogen-bond acceptors (Lipinski definition) is 3. The first-order chi connectivity index (χ1) is 9.17. The third kappa shape index (κ3) is 2.91. The molecule has 1 aliphatic carbocycles. The van der Waals surface area contributed by atoms with E-state index in [0.717, 1.165) is 16.3 Å². The van der Waals surface area contributed by atoms with Gasteiger partial charge in [0, 0.05) is 23.1 Å². The van der Waals surface area contributed by atoms with E-state index in [1.165, 1.54) is 7.11 Å². The molecule has 0 spiro atoms. The van der Waals surface area contributed by atoms with Crippen LogP contribution in [0, 0.1) is 23.2 Å². The van der Waals surface area contributed by atoms with E-state index in [1.807, 2.05) is 26.8 Å². The number of nitriles is 1. The molecule has 0 saturated carbocycles. The standard InChI is InChI=1S/C12H12N3O2.C2H6/c1-8-11(7-13)10-5-3-4-9(15(16)17-2)6-12(10)14-8;1-2/h4-6,14H,3H2,1-2H3;1-2H3/q+1;. The van der Waals surface area contributed by atoms with Gasteiger partial charge in [0.15, 0.2) is 7.11 Å². The molecular formula is C14H18N3O2+. The lowest BCUT2D eigenvalue weighted by atomic mass is 10.2. The average Bonchev–Trinajstić information content (AvgIpc) is 2.61. The molecule has 1 aromatic rings. The lowest BCUT2D eigenvalue weighted by Gasteiger charge is -1.86. The van der Waals surface area contributed by atoms with Crippen LogP contribution in [0.3, 0.4) is 0 Å². The van der Waals surface area contributed by atoms with Crippen LogP contribution in [0.2, 0.25) is 0 Å². The molecule has 0 radical (unpaired) electrons. The first-order valence-corrected chi connectivity index (χ1v) is 6.19. The van der Waals surface area contributed by atoms with Gasteiger partial charge in [0.1, 0.15) is 6.07 Å². The molecule has 1 heterocycles. The van der Waals surface area contributed by atoms with Crippen LogP contribution in [-0.2, 0) is 4.84 Å². The van der Waals surface area contributed by atoms with Gasteiger partial charge < -0.3 is 4.98 Å². The average molecular weight is 260 g/mol. The Kier molecular flexibility index (Phi) is 5.07. The third-order valence-corrected chi connectivity index (χ3v) is 2.69. The Bertz CT molecular complexity index is 660. The van der Waals surface area contributed by atoms with E-state index >= 15 is 0 Å². The quantitative estimate of drug-likeness (QED) is 0.817. The highest BCUT2D eigenvalue weighted by Gasteiger charge is 2.18. The maximum Gasteiger partial charge on any atom is 0.315 e. The second-order valence-electron chi connectivity index (χ2n) is 3.72. The van der Waals surface area contributed by atoms with Gasteiger partial charge in [-0.25, -0.2) is 4.84 Å². The Labute approximate surface area is 112 Å². The zero-order valence-electron chi connectivity index (χ0n) is 11.7. The van der Waals surface area contributed by atoms with Crippen molar-refractivity contribution in [3.05, 3.63) is 38.5 Å². The monoisotopic (exact) mass is 260 g/mol. The normalized spacial score (nSPS) is 12.3. The summed E-state index contributed by atoms with van der Waals surface area (Å²) in [5.41, 5.74) is 1.86. The van der Waals surface area contributed by atoms with Crippen LogP contribution in [0.4, 0.5) is 0 Å². The van der Waals surface area contributed by atoms with E-state index in [-0.39, 0.29) is 0 Å². The molecule has 0 saturated heterocycles. The van der Waals surface area contributed by atoms with E-state index in [2.05, 4.69) is 15.9 Å². The van der Waals surface area contributed by atoms with E-state index in [0.29, 0.717) is 22.6 Å². The second kappa shape index (κ2) is 6.55. The molecule has 1 aliphatic rings. The first kappa shape index (κ1) is 14.7. The number of nitrogens with zero attached hydrogens (tertiary/aromatic N) is 2. The van der Waals surface area contributed by atoms with Gasteiger partial charge in [-0.05, 0) is 13.3 Å². The van der Waals surface area contributed by atoms with Gasteiger partial charge in [-0.15, -0.1) is 0 Å². The fraction of sp³-hybridized carbons (Fsp3) is 0.357. The zero-order valence-corrected chi connectivity index (χ0v) is 11.7. The number of hydrogen-bond donors (Lipinski definition) is 1. The Hall–Kier alpha value is -2.35. The summed E-state index contributed by atoms with van der Waals surface area (Å²) in [4.78, 5) is 19.5. The number of aryl methyl sites for hydroxylation is 1. The van der Waals surface area contributed by atoms with Crippen molar-refractivity contribution in [1.82, 2.24) is 4.98 Å². The van der Waals surface area contributed by atoms with Crippen LogP contribution in [0.5, 0.6) is 0 Å². The van der Waals surface area contributed by atoms with Crippen LogP contribution < -0.4 is 10.6 Å². The van der Waals surface area contributed by atoms with Crippen molar-refractivity contribution in [2.45, 2.75) is 27.2 Å². The summed E-state index contributed by atoms with van der Waals surface area (Å²) in [5, 5.41) is 10.7. The minimum Gasteiger partial charge on any atom is -0.357 e. The fourth-order valence-electron chi connectivity index (χ4n) is 1.88. The van der Waals surface area contributed by atoms with Gasteiger partial charge in [-0.1, -0.05) is 19.9 Å². The van der Waals surface area contributed by atoms with E-state index in [1.54, 1.807) is 12.2 Å². The molecule has 0 bridgehead atoms. The summed E-state index contributed by atoms with van der Waals surface area (Å²) in [6, 6.07) is 2.16. The molecule has 5 heteroatoms. The van der Waals surface area contributed by atoms with Crippen molar-refractivity contribution in [1.29, 1.82) is 5.26 Å². The molecule has 0 amide bonds. The number of allylic oxidation sites excluding steroid dienone is 2. The zero-order chi connectivity index (χ0) is 14.4. The number of aromatic nitrogens is 1. The van der Waals surface area contributed by atoms with Gasteiger partial charge in [0.05, 0.1) is 15.8 Å². The maximum atomic E-state index is 11.4. The number of H-pyrrole nitrogens is 1. The Morgan fingerprint density at radius 1 is 1.42 bits per heavy atom. The topological polar surface area (TPSA) is 68.9 Å². The van der Waals surface area contributed by atoms with Crippen molar-refractivity contribution >= 4 is 12.2 Å². The Morgan fingerprint density at radius 2 is 2.11 bits per heavy atom. The lowest BCUT2D eigenvalue weighted by molar-refractivity contribution is -0.756. The number of fused-ring (bicyclic) bond motifs is 1. The molecule has 19 heavy (non-hydrogen) atoms. The predicted molar refractivity (Wildman–Crippen MR) is 73.1 cm³/mol. The summed E-state index contributed by atoms with van der Waals surface area (Å²) in [6.07, 6.45) is 5.95. The molecule has 100 valence electrons. The van der Waals surface area contributed by atoms with Crippen molar-refractivity contribution < 1.29 is 9.76 Å². The number of nitrogens with one attached hydrogen (secondary N) is 1. The van der Waals surface area contributed by atoms with E-state index in [4.69, 9.17) is 5.26 Å². The second-order valence-corrected chi connectivity index (χ2v) is 3.72. The Morgan fingerprint density at radius 3 is 2.68 bits per heavy atom. The number of aromatic amines is 1. The van der Waals surface area contributed by atoms with Crippen LogP contribution in [0.25, 0.3) is 12.2 Å². The SMILES string of the molecule is CC.CO[N+](=O)C1=CCC=c2c(C#N)c(C)[nH]c2=C1. The Balaban J connectivity index is 0.000000861. The molecule has 0 aliphatic heterocycles. The molecule has 0 atom stereocenters. The first-order valence-electron chi connectivity index (χ1n) is 6.19. The van der Waals surface area contributed by atoms with Gasteiger partial charge in [-0.2, -0.15) is 5.26 Å². The third-order valence-electron chi connectivity index (χ3n) is 2.69. The summed E-state index contributed by atoms with van der Waals surface area (Å²) >= 11 is 0. The summed E-state index contributed by atoms with van der Waals surface area (Å²) < 4.78 is 0. The molecule has 2 rings (SSSR count). The highest BCUT2D eigenvalue weighted by molar-refractivity contribution is 5.51. The molecular weight excluding hydrogens is 242 g/mol. The molecule has 0 fully saturated rings. The molecule has 0 aromatic carbocycles. The van der Waals surface area contributed by atoms with Crippen LogP contribution in [-0.4, -0.2) is 17.0 Å². The number of rotatable bonds is 2. The van der Waals surface area contributed by atoms with Crippen LogP contribution >= 0.6 is 0 Å². The van der Waals surface area contributed by atoms with Gasteiger partial charge >= 0.3 is 5.70 Å². The highest BCUT2D eigenvalue weighted by atomic mass is 16.8. The van der Waals surface area contributed by atoms with Crippen LogP contribution in [0.1, 0.15) is 31.5 Å². The summed E-state index contributed by atoms with van der Waals surface area (Å²) in [6.45, 7) is 5.84. The molecule has 5 nitrogen and oxygen atoms in total. The molecule has 1 aromatic heterocycles. The largest absolute Gasteiger partial charge is 0.357 e. The van der Waals surface area contributed by atoms with E-state index < -0.39 is 0 Å². The maximum absolute atomic E-state index is 11.4. The molecule has 0 unspecified atom stereocenters. The molecule has 1 N–H and O–H groups in total. The van der Waals surface area contributed by atoms with Crippen LogP contribution in [0.15, 0.2) is 11.8 Å². The predicted octanol–water partition coefficient (Wildman–Crippen LogP) is 1.41. The van der Waals surface area contributed by atoms with Crippen molar-refractivity contribution in [3.8, 4) is 6.07 Å². The van der Waals surface area contributed by atoms with Crippen molar-refractivity contribution in [2.75, 3.05) is 7.11 Å². The highest BCUT2D eigenvalue weighted by Crippen LogP contribution is 2.05.